The van der Waals surface area contributed by atoms with Crippen LogP contribution < -0.4 is 0 Å². The van der Waals surface area contributed by atoms with Gasteiger partial charge in [0, 0.05) is 12.1 Å². The van der Waals surface area contributed by atoms with E-state index in [-0.39, 0.29) is 0 Å². The molecule has 1 atom stereocenters. The van der Waals surface area contributed by atoms with Crippen LogP contribution in [0.25, 0.3) is 0 Å². The maximum Gasteiger partial charge on any atom is 0.445 e. The summed E-state index contributed by atoms with van der Waals surface area (Å²) in [5.41, 5.74) is 0. The first-order chi connectivity index (χ1) is 8.07. The first-order valence-electron chi connectivity index (χ1n) is 5.71. The number of ether oxygens (including phenoxy) is 1. The average Bonchev–Trinajstić information content (AvgIpc) is 2.17. The maximum absolute atomic E-state index is 11.3. The lowest BCUT2D eigenvalue weighted by Crippen LogP contribution is -2.36. The predicted octanol–water partition coefficient (Wildman–Crippen LogP) is 3.91. The summed E-state index contributed by atoms with van der Waals surface area (Å²) in [5, 5.41) is 0. The van der Waals surface area contributed by atoms with Crippen molar-refractivity contribution in [2.45, 2.75) is 59.2 Å². The molecule has 112 valence electrons. The molecular weight excluding hydrogens is 257 g/mol. The fourth-order valence-corrected chi connectivity index (χ4v) is 1.48. The molecule has 2 nitrogen and oxygen atoms in total. The smallest absolute Gasteiger partial charge is 0.309 e. The molecule has 0 rings (SSSR count). The zero-order valence-corrected chi connectivity index (χ0v) is 11.4. The monoisotopic (exact) mass is 279 g/mol. The molecule has 0 radical (unpaired) electrons. The van der Waals surface area contributed by atoms with Gasteiger partial charge in [0.25, 0.3) is 6.36 Å². The van der Waals surface area contributed by atoms with E-state index in [1.54, 1.807) is 0 Å². The molecule has 0 aromatic heterocycles. The molecule has 0 aliphatic carbocycles. The van der Waals surface area contributed by atoms with Crippen LogP contribution in [0, 0.1) is 0 Å². The van der Waals surface area contributed by atoms with Crippen LogP contribution in [-0.4, -0.2) is 42.9 Å². The second-order valence-electron chi connectivity index (χ2n) is 4.15. The van der Waals surface area contributed by atoms with Crippen molar-refractivity contribution in [2.75, 3.05) is 13.4 Å². The van der Waals surface area contributed by atoms with Gasteiger partial charge >= 0.3 is 6.18 Å². The zero-order chi connectivity index (χ0) is 14.9. The van der Waals surface area contributed by atoms with E-state index in [4.69, 9.17) is 0 Å². The van der Waals surface area contributed by atoms with E-state index in [2.05, 4.69) is 44.3 Å². The summed E-state index contributed by atoms with van der Waals surface area (Å²) in [6.45, 7) is 10.6. The molecule has 0 aliphatic heterocycles. The van der Waals surface area contributed by atoms with Crippen molar-refractivity contribution in [3.8, 4) is 0 Å². The van der Waals surface area contributed by atoms with Crippen LogP contribution in [0.2, 0.25) is 0 Å². The highest BCUT2D eigenvalue weighted by atomic mass is 19.4. The third-order valence-corrected chi connectivity index (χ3v) is 2.16. The van der Waals surface area contributed by atoms with Crippen LogP contribution in [0.3, 0.4) is 0 Å². The Morgan fingerprint density at radius 2 is 1.44 bits per heavy atom. The summed E-state index contributed by atoms with van der Waals surface area (Å²) in [6, 6.07) is 1.38. The zero-order valence-electron chi connectivity index (χ0n) is 11.4. The molecule has 7 heteroatoms. The van der Waals surface area contributed by atoms with Crippen molar-refractivity contribution in [1.29, 1.82) is 0 Å². The van der Waals surface area contributed by atoms with E-state index in [9.17, 15) is 22.0 Å². The Bertz CT molecular complexity index is 188. The SMILES string of the molecule is CCN(C(C)C)C(C)C.FCOC(F)C(F)(F)F. The number of rotatable bonds is 5. The Labute approximate surface area is 105 Å². The molecule has 0 bridgehead atoms. The van der Waals surface area contributed by atoms with E-state index in [1.807, 2.05) is 0 Å². The standard InChI is InChI=1S/C8H19N.C3H3F5O/c1-6-9(7(2)3)8(4)5;4-1-9-2(5)3(6,7)8/h7-8H,6H2,1-5H3;2H,1H2. The van der Waals surface area contributed by atoms with Crippen molar-refractivity contribution in [2.24, 2.45) is 0 Å². The van der Waals surface area contributed by atoms with Crippen molar-refractivity contribution in [3.63, 3.8) is 0 Å². The van der Waals surface area contributed by atoms with Gasteiger partial charge < -0.3 is 4.74 Å². The van der Waals surface area contributed by atoms with Gasteiger partial charge in [-0.05, 0) is 34.2 Å². The summed E-state index contributed by atoms with van der Waals surface area (Å²) in [5.74, 6) is 0. The molecule has 0 heterocycles. The number of alkyl halides is 5. The number of hydrogen-bond acceptors (Lipinski definition) is 2. The van der Waals surface area contributed by atoms with Crippen LogP contribution in [0.1, 0.15) is 34.6 Å². The molecular formula is C11H22F5NO. The Hall–Kier alpha value is -0.430. The molecule has 0 aromatic rings. The summed E-state index contributed by atoms with van der Waals surface area (Å²) in [4.78, 5) is 2.46. The largest absolute Gasteiger partial charge is 0.445 e. The second kappa shape index (κ2) is 9.49. The second-order valence-corrected chi connectivity index (χ2v) is 4.15. The van der Waals surface area contributed by atoms with Crippen molar-refractivity contribution in [1.82, 2.24) is 4.90 Å². The fourth-order valence-electron chi connectivity index (χ4n) is 1.48. The Balaban J connectivity index is 0. The van der Waals surface area contributed by atoms with Gasteiger partial charge in [-0.2, -0.15) is 13.2 Å². The van der Waals surface area contributed by atoms with Gasteiger partial charge in [-0.25, -0.2) is 8.78 Å². The van der Waals surface area contributed by atoms with Crippen LogP contribution in [-0.2, 0) is 4.74 Å². The van der Waals surface area contributed by atoms with Gasteiger partial charge in [-0.15, -0.1) is 0 Å². The Morgan fingerprint density at radius 3 is 1.50 bits per heavy atom. The molecule has 0 aliphatic rings. The summed E-state index contributed by atoms with van der Waals surface area (Å²) >= 11 is 0. The average molecular weight is 279 g/mol. The van der Waals surface area contributed by atoms with Crippen molar-refractivity contribution >= 4 is 0 Å². The molecule has 0 N–H and O–H groups in total. The van der Waals surface area contributed by atoms with Gasteiger partial charge in [0.2, 0.25) is 0 Å². The highest BCUT2D eigenvalue weighted by Crippen LogP contribution is 2.23. The predicted molar refractivity (Wildman–Crippen MR) is 60.7 cm³/mol. The molecule has 0 saturated heterocycles. The minimum atomic E-state index is -5.12. The lowest BCUT2D eigenvalue weighted by atomic mass is 10.2. The van der Waals surface area contributed by atoms with Gasteiger partial charge in [-0.3, -0.25) is 4.90 Å². The van der Waals surface area contributed by atoms with E-state index < -0.39 is 19.4 Å². The van der Waals surface area contributed by atoms with Gasteiger partial charge in [0.05, 0.1) is 0 Å². The van der Waals surface area contributed by atoms with Crippen molar-refractivity contribution < 1.29 is 26.7 Å². The molecule has 0 aromatic carbocycles. The molecule has 0 amide bonds. The lowest BCUT2D eigenvalue weighted by molar-refractivity contribution is -0.273. The van der Waals surface area contributed by atoms with Crippen LogP contribution in [0.5, 0.6) is 0 Å². The highest BCUT2D eigenvalue weighted by molar-refractivity contribution is 4.64. The Kier molecular flexibility index (Phi) is 10.5. The van der Waals surface area contributed by atoms with E-state index in [0.29, 0.717) is 12.1 Å². The third-order valence-electron chi connectivity index (χ3n) is 2.16. The van der Waals surface area contributed by atoms with Crippen molar-refractivity contribution in [3.05, 3.63) is 0 Å². The van der Waals surface area contributed by atoms with Crippen LogP contribution in [0.15, 0.2) is 0 Å². The molecule has 0 saturated carbocycles. The minimum absolute atomic E-state index is 0.690. The van der Waals surface area contributed by atoms with Gasteiger partial charge in [0.1, 0.15) is 0 Å². The summed E-state index contributed by atoms with van der Waals surface area (Å²) < 4.78 is 58.0. The quantitative estimate of drug-likeness (QED) is 0.707. The lowest BCUT2D eigenvalue weighted by Gasteiger charge is -2.28. The number of halogens is 5. The first kappa shape index (κ1) is 19.9. The molecule has 1 unspecified atom stereocenters. The number of hydrogen-bond donors (Lipinski definition) is 0. The van der Waals surface area contributed by atoms with Gasteiger partial charge in [-0.1, -0.05) is 6.92 Å². The summed E-state index contributed by atoms with van der Waals surface area (Å²) in [7, 11) is 0. The topological polar surface area (TPSA) is 12.5 Å². The highest BCUT2D eigenvalue weighted by Gasteiger charge is 2.41. The molecule has 18 heavy (non-hydrogen) atoms. The Morgan fingerprint density at radius 1 is 1.06 bits per heavy atom. The van der Waals surface area contributed by atoms with Gasteiger partial charge in [0.15, 0.2) is 6.86 Å². The van der Waals surface area contributed by atoms with Crippen LogP contribution in [0.4, 0.5) is 22.0 Å². The molecule has 0 fully saturated rings. The van der Waals surface area contributed by atoms with Crippen LogP contribution >= 0.6 is 0 Å². The minimum Gasteiger partial charge on any atom is -0.309 e. The fraction of sp³-hybridized carbons (Fsp3) is 1.00. The van der Waals surface area contributed by atoms with E-state index in [1.165, 1.54) is 0 Å². The maximum atomic E-state index is 11.3. The first-order valence-corrected chi connectivity index (χ1v) is 5.71. The van der Waals surface area contributed by atoms with E-state index in [0.717, 1.165) is 6.54 Å². The summed E-state index contributed by atoms with van der Waals surface area (Å²) in [6.07, 6.45) is -8.63. The molecule has 0 spiro atoms. The number of nitrogens with zero attached hydrogens (tertiary/aromatic N) is 1. The van der Waals surface area contributed by atoms with E-state index >= 15 is 0 Å². The normalized spacial score (nSPS) is 13.8. The third kappa shape index (κ3) is 9.58.